The van der Waals surface area contributed by atoms with Crippen LogP contribution in [-0.2, 0) is 4.79 Å². The third-order valence-electron chi connectivity index (χ3n) is 4.11. The zero-order valence-corrected chi connectivity index (χ0v) is 15.0. The molecule has 25 heavy (non-hydrogen) atoms. The van der Waals surface area contributed by atoms with Crippen molar-refractivity contribution in [3.05, 3.63) is 65.4 Å². The third-order valence-corrected chi connectivity index (χ3v) is 4.11. The smallest absolute Gasteiger partial charge is 0.265 e. The van der Waals surface area contributed by atoms with Crippen LogP contribution in [0, 0.1) is 20.8 Å². The molecule has 1 N–H and O–H groups in total. The zero-order valence-electron chi connectivity index (χ0n) is 15.0. The van der Waals surface area contributed by atoms with E-state index in [0.717, 1.165) is 33.3 Å². The lowest BCUT2D eigenvalue weighted by atomic mass is 10.1. The number of nitrogens with zero attached hydrogens (tertiary/aromatic N) is 1. The second-order valence-corrected chi connectivity index (χ2v) is 6.40. The highest BCUT2D eigenvalue weighted by molar-refractivity contribution is 6.03. The van der Waals surface area contributed by atoms with Gasteiger partial charge in [-0.3, -0.25) is 9.78 Å². The molecule has 1 aromatic heterocycles. The number of hydrogen-bond acceptors (Lipinski definition) is 3. The molecular weight excluding hydrogens is 312 g/mol. The van der Waals surface area contributed by atoms with Gasteiger partial charge in [-0.15, -0.1) is 0 Å². The van der Waals surface area contributed by atoms with Gasteiger partial charge in [-0.2, -0.15) is 0 Å². The van der Waals surface area contributed by atoms with Crippen molar-refractivity contribution >= 4 is 22.5 Å². The number of benzene rings is 2. The molecule has 128 valence electrons. The van der Waals surface area contributed by atoms with Crippen molar-refractivity contribution in [3.63, 3.8) is 0 Å². The number of aromatic nitrogens is 1. The summed E-state index contributed by atoms with van der Waals surface area (Å²) < 4.78 is 5.82. The Bertz CT molecular complexity index is 914. The van der Waals surface area contributed by atoms with E-state index in [1.165, 1.54) is 0 Å². The van der Waals surface area contributed by atoms with E-state index in [1.54, 1.807) is 13.1 Å². The van der Waals surface area contributed by atoms with Gasteiger partial charge in [0.1, 0.15) is 5.75 Å². The number of nitrogens with one attached hydrogen (secondary N) is 1. The lowest BCUT2D eigenvalue weighted by molar-refractivity contribution is -0.122. The Balaban J connectivity index is 1.79. The average Bonchev–Trinajstić information content (AvgIpc) is 2.56. The molecule has 0 saturated heterocycles. The molecule has 0 aliphatic carbocycles. The number of carbonyl (C=O) groups is 1. The van der Waals surface area contributed by atoms with Crippen LogP contribution in [0.3, 0.4) is 0 Å². The summed E-state index contributed by atoms with van der Waals surface area (Å²) in [6.45, 7) is 7.78. The van der Waals surface area contributed by atoms with Crippen molar-refractivity contribution in [1.29, 1.82) is 0 Å². The highest BCUT2D eigenvalue weighted by Crippen LogP contribution is 2.25. The highest BCUT2D eigenvalue weighted by atomic mass is 16.5. The number of ether oxygens (including phenoxy) is 1. The Kier molecular flexibility index (Phi) is 4.70. The summed E-state index contributed by atoms with van der Waals surface area (Å²) >= 11 is 0. The molecule has 0 aliphatic heterocycles. The fourth-order valence-corrected chi connectivity index (χ4v) is 2.92. The summed E-state index contributed by atoms with van der Waals surface area (Å²) in [7, 11) is 0. The summed E-state index contributed by atoms with van der Waals surface area (Å²) in [5.41, 5.74) is 4.93. The van der Waals surface area contributed by atoms with E-state index in [1.807, 2.05) is 57.2 Å². The lowest BCUT2D eigenvalue weighted by Gasteiger charge is -2.16. The summed E-state index contributed by atoms with van der Waals surface area (Å²) in [5.74, 6) is 0.517. The molecule has 4 heteroatoms. The number of pyridine rings is 1. The van der Waals surface area contributed by atoms with Crippen LogP contribution in [0.4, 0.5) is 5.69 Å². The van der Waals surface area contributed by atoms with Gasteiger partial charge < -0.3 is 10.1 Å². The minimum atomic E-state index is -0.603. The molecule has 0 unspecified atom stereocenters. The molecule has 1 amide bonds. The SMILES string of the molecule is Cc1cc(C)cc(O[C@H](C)C(=O)Nc2ccc(C)c3ncccc23)c1. The van der Waals surface area contributed by atoms with Gasteiger partial charge in [0.15, 0.2) is 6.10 Å². The first-order valence-corrected chi connectivity index (χ1v) is 8.34. The monoisotopic (exact) mass is 334 g/mol. The van der Waals surface area contributed by atoms with Crippen LogP contribution < -0.4 is 10.1 Å². The first-order chi connectivity index (χ1) is 11.9. The lowest BCUT2D eigenvalue weighted by Crippen LogP contribution is -2.30. The summed E-state index contributed by atoms with van der Waals surface area (Å²) in [5, 5.41) is 3.88. The van der Waals surface area contributed by atoms with Gasteiger partial charge >= 0.3 is 0 Å². The van der Waals surface area contributed by atoms with Crippen LogP contribution in [0.15, 0.2) is 48.7 Å². The first kappa shape index (κ1) is 17.0. The number of aryl methyl sites for hydroxylation is 3. The number of carbonyl (C=O) groups excluding carboxylic acids is 1. The second kappa shape index (κ2) is 6.93. The fraction of sp³-hybridized carbons (Fsp3) is 0.238. The number of hydrogen-bond donors (Lipinski definition) is 1. The quantitative estimate of drug-likeness (QED) is 0.760. The number of rotatable bonds is 4. The van der Waals surface area contributed by atoms with E-state index in [9.17, 15) is 4.79 Å². The Hall–Kier alpha value is -2.88. The number of fused-ring (bicyclic) bond motifs is 1. The minimum absolute atomic E-state index is 0.187. The predicted octanol–water partition coefficient (Wildman–Crippen LogP) is 4.57. The van der Waals surface area contributed by atoms with Crippen molar-refractivity contribution in [1.82, 2.24) is 4.98 Å². The summed E-state index contributed by atoms with van der Waals surface area (Å²) in [6.07, 6.45) is 1.15. The van der Waals surface area contributed by atoms with Gasteiger partial charge in [-0.05, 0) is 74.7 Å². The zero-order chi connectivity index (χ0) is 18.0. The Morgan fingerprint density at radius 2 is 1.80 bits per heavy atom. The molecule has 4 nitrogen and oxygen atoms in total. The van der Waals surface area contributed by atoms with E-state index in [-0.39, 0.29) is 5.91 Å². The van der Waals surface area contributed by atoms with Crippen LogP contribution >= 0.6 is 0 Å². The van der Waals surface area contributed by atoms with Crippen molar-refractivity contribution in [2.45, 2.75) is 33.8 Å². The first-order valence-electron chi connectivity index (χ1n) is 8.34. The normalized spacial score (nSPS) is 12.0. The fourth-order valence-electron chi connectivity index (χ4n) is 2.92. The van der Waals surface area contributed by atoms with Crippen LogP contribution in [0.2, 0.25) is 0 Å². The Labute approximate surface area is 147 Å². The minimum Gasteiger partial charge on any atom is -0.481 e. The molecule has 0 radical (unpaired) electrons. The average molecular weight is 334 g/mol. The standard InChI is InChI=1S/C21H22N2O2/c1-13-10-14(2)12-17(11-13)25-16(4)21(24)23-19-8-7-15(3)20-18(19)6-5-9-22-20/h5-12,16H,1-4H3,(H,23,24)/t16-/m1/s1. The molecule has 3 rings (SSSR count). The van der Waals surface area contributed by atoms with Crippen LogP contribution in [0.25, 0.3) is 10.9 Å². The van der Waals surface area contributed by atoms with Gasteiger partial charge in [0.25, 0.3) is 5.91 Å². The molecule has 3 aromatic rings. The Morgan fingerprint density at radius 1 is 1.08 bits per heavy atom. The van der Waals surface area contributed by atoms with Crippen molar-refractivity contribution in [3.8, 4) is 5.75 Å². The molecule has 2 aromatic carbocycles. The van der Waals surface area contributed by atoms with E-state index in [2.05, 4.69) is 16.4 Å². The molecule has 1 atom stereocenters. The maximum Gasteiger partial charge on any atom is 0.265 e. The molecule has 1 heterocycles. The van der Waals surface area contributed by atoms with E-state index >= 15 is 0 Å². The van der Waals surface area contributed by atoms with Crippen LogP contribution in [0.5, 0.6) is 5.75 Å². The third kappa shape index (κ3) is 3.79. The second-order valence-electron chi connectivity index (χ2n) is 6.40. The molecule has 0 fully saturated rings. The molecule has 0 aliphatic rings. The largest absolute Gasteiger partial charge is 0.481 e. The number of anilines is 1. The van der Waals surface area contributed by atoms with E-state index in [0.29, 0.717) is 5.75 Å². The van der Waals surface area contributed by atoms with E-state index < -0.39 is 6.10 Å². The number of amides is 1. The van der Waals surface area contributed by atoms with Crippen molar-refractivity contribution in [2.75, 3.05) is 5.32 Å². The molecule has 0 spiro atoms. The maximum absolute atomic E-state index is 12.6. The summed E-state index contributed by atoms with van der Waals surface area (Å²) in [4.78, 5) is 17.0. The Morgan fingerprint density at radius 3 is 2.52 bits per heavy atom. The van der Waals surface area contributed by atoms with E-state index in [4.69, 9.17) is 4.74 Å². The van der Waals surface area contributed by atoms with Crippen LogP contribution in [0.1, 0.15) is 23.6 Å². The molecule has 0 bridgehead atoms. The van der Waals surface area contributed by atoms with Gasteiger partial charge in [-0.25, -0.2) is 0 Å². The van der Waals surface area contributed by atoms with Gasteiger partial charge in [0.2, 0.25) is 0 Å². The predicted molar refractivity (Wildman–Crippen MR) is 101 cm³/mol. The van der Waals surface area contributed by atoms with Crippen molar-refractivity contribution in [2.24, 2.45) is 0 Å². The molecule has 0 saturated carbocycles. The molecular formula is C21H22N2O2. The van der Waals surface area contributed by atoms with Gasteiger partial charge in [-0.1, -0.05) is 12.1 Å². The topological polar surface area (TPSA) is 51.2 Å². The van der Waals surface area contributed by atoms with Gasteiger partial charge in [0.05, 0.1) is 11.2 Å². The summed E-state index contributed by atoms with van der Waals surface area (Å²) in [6, 6.07) is 13.6. The van der Waals surface area contributed by atoms with Gasteiger partial charge in [0, 0.05) is 11.6 Å². The maximum atomic E-state index is 12.6. The van der Waals surface area contributed by atoms with Crippen molar-refractivity contribution < 1.29 is 9.53 Å². The highest BCUT2D eigenvalue weighted by Gasteiger charge is 2.16. The van der Waals surface area contributed by atoms with Crippen LogP contribution in [-0.4, -0.2) is 17.0 Å².